The first-order chi connectivity index (χ1) is 17.7. The van der Waals surface area contributed by atoms with Gasteiger partial charge in [0.15, 0.2) is 5.65 Å². The Morgan fingerprint density at radius 1 is 1.00 bits per heavy atom. The van der Waals surface area contributed by atoms with Gasteiger partial charge in [0.05, 0.1) is 42.1 Å². The average molecular weight is 505 g/mol. The Balaban J connectivity index is 1.47. The van der Waals surface area contributed by atoms with Crippen molar-refractivity contribution in [1.82, 2.24) is 33.9 Å². The van der Waals surface area contributed by atoms with E-state index in [1.54, 1.807) is 47.7 Å². The second kappa shape index (κ2) is 8.15. The number of aromatic nitrogens is 7. The Morgan fingerprint density at radius 3 is 2.51 bits per heavy atom. The summed E-state index contributed by atoms with van der Waals surface area (Å²) in [6.45, 7) is 0.346. The Morgan fingerprint density at radius 2 is 1.78 bits per heavy atom. The van der Waals surface area contributed by atoms with Gasteiger partial charge in [0.25, 0.3) is 5.82 Å². The van der Waals surface area contributed by atoms with Gasteiger partial charge in [-0.1, -0.05) is 18.2 Å². The van der Waals surface area contributed by atoms with E-state index in [4.69, 9.17) is 4.74 Å². The van der Waals surface area contributed by atoms with Crippen LogP contribution in [-0.4, -0.2) is 41.0 Å². The number of benzene rings is 2. The maximum Gasteiger partial charge on any atom is 0.453 e. The van der Waals surface area contributed by atoms with Gasteiger partial charge < -0.3 is 4.74 Å². The van der Waals surface area contributed by atoms with Crippen molar-refractivity contribution >= 4 is 27.6 Å². The molecule has 0 fully saturated rings. The molecule has 12 heteroatoms. The predicted molar refractivity (Wildman–Crippen MR) is 129 cm³/mol. The zero-order valence-corrected chi connectivity index (χ0v) is 19.6. The van der Waals surface area contributed by atoms with Crippen LogP contribution in [0.3, 0.4) is 0 Å². The molecular formula is C25H18F3N7O2. The van der Waals surface area contributed by atoms with Gasteiger partial charge in [0.2, 0.25) is 0 Å². The number of hydrogen-bond donors (Lipinski definition) is 0. The molecule has 6 aromatic rings. The molecule has 0 aliphatic rings. The van der Waals surface area contributed by atoms with E-state index in [0.717, 1.165) is 15.9 Å². The van der Waals surface area contributed by atoms with Gasteiger partial charge >= 0.3 is 11.9 Å². The molecule has 2 aromatic carbocycles. The number of imidazole rings is 1. The van der Waals surface area contributed by atoms with Crippen molar-refractivity contribution in [2.24, 2.45) is 7.05 Å². The van der Waals surface area contributed by atoms with Crippen LogP contribution >= 0.6 is 0 Å². The van der Waals surface area contributed by atoms with E-state index < -0.39 is 12.0 Å². The van der Waals surface area contributed by atoms with Gasteiger partial charge in [-0.15, -0.1) is 14.8 Å². The predicted octanol–water partition coefficient (Wildman–Crippen LogP) is 4.07. The van der Waals surface area contributed by atoms with Crippen LogP contribution < -0.4 is 10.4 Å². The number of halogens is 3. The zero-order chi connectivity index (χ0) is 25.9. The van der Waals surface area contributed by atoms with E-state index in [9.17, 15) is 18.0 Å². The number of ether oxygens (including phenoxy) is 1. The van der Waals surface area contributed by atoms with Crippen molar-refractivity contribution in [2.45, 2.75) is 12.7 Å². The summed E-state index contributed by atoms with van der Waals surface area (Å²) in [6.07, 6.45) is -3.00. The first-order valence-electron chi connectivity index (χ1n) is 11.2. The van der Waals surface area contributed by atoms with Crippen LogP contribution in [0.2, 0.25) is 0 Å². The second-order valence-electron chi connectivity index (χ2n) is 8.50. The number of fused-ring (bicyclic) bond motifs is 4. The lowest BCUT2D eigenvalue weighted by molar-refractivity contribution is -0.144. The van der Waals surface area contributed by atoms with Gasteiger partial charge in [0, 0.05) is 18.0 Å². The minimum absolute atomic E-state index is 0.0149. The summed E-state index contributed by atoms with van der Waals surface area (Å²) in [5.74, 6) is -0.531. The molecule has 186 valence electrons. The van der Waals surface area contributed by atoms with E-state index in [2.05, 4.69) is 20.2 Å². The smallest absolute Gasteiger partial charge is 0.453 e. The fraction of sp³-hybridized carbons (Fsp3) is 0.160. The zero-order valence-electron chi connectivity index (χ0n) is 19.6. The number of aryl methyl sites for hydroxylation is 1. The third-order valence-electron chi connectivity index (χ3n) is 6.22. The summed E-state index contributed by atoms with van der Waals surface area (Å²) in [7, 11) is 3.29. The van der Waals surface area contributed by atoms with Crippen LogP contribution in [0.15, 0.2) is 65.6 Å². The SMILES string of the molecule is COc1ccc(Cn2c(=O)n(C)c3c4cc(-c5ccc6nc(C(F)(F)F)nn6n5)ccc4ncc32)cc1. The molecule has 0 atom stereocenters. The molecule has 0 aliphatic heterocycles. The van der Waals surface area contributed by atoms with E-state index in [-0.39, 0.29) is 11.3 Å². The molecule has 9 nitrogen and oxygen atoms in total. The summed E-state index contributed by atoms with van der Waals surface area (Å²) < 4.78 is 48.3. The molecule has 0 bridgehead atoms. The van der Waals surface area contributed by atoms with Crippen LogP contribution in [0.5, 0.6) is 5.75 Å². The summed E-state index contributed by atoms with van der Waals surface area (Å²) in [5.41, 5.74) is 3.73. The van der Waals surface area contributed by atoms with Crippen molar-refractivity contribution < 1.29 is 17.9 Å². The first-order valence-corrected chi connectivity index (χ1v) is 11.2. The number of methoxy groups -OCH3 is 1. The molecule has 0 unspecified atom stereocenters. The van der Waals surface area contributed by atoms with Gasteiger partial charge in [-0.25, -0.2) is 9.78 Å². The fourth-order valence-corrected chi connectivity index (χ4v) is 4.38. The minimum Gasteiger partial charge on any atom is -0.497 e. The number of alkyl halides is 3. The van der Waals surface area contributed by atoms with E-state index in [1.807, 2.05) is 30.3 Å². The molecule has 37 heavy (non-hydrogen) atoms. The van der Waals surface area contributed by atoms with Crippen molar-refractivity contribution in [3.63, 3.8) is 0 Å². The van der Waals surface area contributed by atoms with Crippen molar-refractivity contribution in [3.05, 3.63) is 82.7 Å². The third kappa shape index (κ3) is 3.77. The highest BCUT2D eigenvalue weighted by Gasteiger charge is 2.36. The standard InChI is InChI=1S/C25H18F3N7O2/c1-33-22-17-11-15(18-9-10-21-30-23(25(26,27)28)32-35(21)31-18)5-8-19(17)29-12-20(22)34(24(33)36)13-14-3-6-16(37-2)7-4-14/h3-12H,13H2,1-2H3. The molecular weight excluding hydrogens is 487 g/mol. The Bertz CT molecular complexity index is 1870. The van der Waals surface area contributed by atoms with E-state index >= 15 is 0 Å². The molecule has 0 radical (unpaired) electrons. The first kappa shape index (κ1) is 22.7. The normalized spacial score (nSPS) is 12.1. The highest BCUT2D eigenvalue weighted by Crippen LogP contribution is 2.29. The van der Waals surface area contributed by atoms with Crippen LogP contribution in [0.4, 0.5) is 13.2 Å². The van der Waals surface area contributed by atoms with Crippen LogP contribution in [0.1, 0.15) is 11.4 Å². The Labute approximate surface area is 206 Å². The number of rotatable bonds is 4. The summed E-state index contributed by atoms with van der Waals surface area (Å²) in [5, 5.41) is 8.39. The molecule has 0 aliphatic carbocycles. The number of nitrogens with zero attached hydrogens (tertiary/aromatic N) is 7. The van der Waals surface area contributed by atoms with Gasteiger partial charge in [-0.05, 0) is 42.0 Å². The molecule has 0 N–H and O–H groups in total. The molecule has 0 saturated carbocycles. The average Bonchev–Trinajstić information content (AvgIpc) is 3.44. The molecule has 4 heterocycles. The number of pyridine rings is 1. The molecule has 0 amide bonds. The maximum absolute atomic E-state index is 13.2. The minimum atomic E-state index is -4.67. The van der Waals surface area contributed by atoms with E-state index in [1.165, 1.54) is 6.07 Å². The summed E-state index contributed by atoms with van der Waals surface area (Å²) in [6, 6.07) is 15.8. The van der Waals surface area contributed by atoms with Crippen molar-refractivity contribution in [1.29, 1.82) is 0 Å². The molecule has 6 rings (SSSR count). The van der Waals surface area contributed by atoms with Crippen molar-refractivity contribution in [2.75, 3.05) is 7.11 Å². The number of hydrogen-bond acceptors (Lipinski definition) is 6. The fourth-order valence-electron chi connectivity index (χ4n) is 4.38. The lowest BCUT2D eigenvalue weighted by Gasteiger charge is -2.07. The monoisotopic (exact) mass is 505 g/mol. The summed E-state index contributed by atoms with van der Waals surface area (Å²) >= 11 is 0. The van der Waals surface area contributed by atoms with Gasteiger partial charge in [-0.3, -0.25) is 14.1 Å². The van der Waals surface area contributed by atoms with Crippen LogP contribution in [0.25, 0.3) is 38.8 Å². The van der Waals surface area contributed by atoms with Gasteiger partial charge in [-0.2, -0.15) is 13.2 Å². The van der Waals surface area contributed by atoms with Crippen LogP contribution in [0, 0.1) is 0 Å². The summed E-state index contributed by atoms with van der Waals surface area (Å²) in [4.78, 5) is 21.2. The molecule has 4 aromatic heterocycles. The molecule has 0 spiro atoms. The quantitative estimate of drug-likeness (QED) is 0.359. The largest absolute Gasteiger partial charge is 0.497 e. The lowest BCUT2D eigenvalue weighted by Crippen LogP contribution is -2.22. The third-order valence-corrected chi connectivity index (χ3v) is 6.22. The Kier molecular flexibility index (Phi) is 5.00. The van der Waals surface area contributed by atoms with Crippen LogP contribution in [-0.2, 0) is 19.8 Å². The second-order valence-corrected chi connectivity index (χ2v) is 8.50. The van der Waals surface area contributed by atoms with Gasteiger partial charge in [0.1, 0.15) is 5.75 Å². The van der Waals surface area contributed by atoms with E-state index in [0.29, 0.717) is 39.7 Å². The Hall–Kier alpha value is -4.74. The molecule has 0 saturated heterocycles. The lowest BCUT2D eigenvalue weighted by atomic mass is 10.1. The highest BCUT2D eigenvalue weighted by molar-refractivity contribution is 6.03. The maximum atomic E-state index is 13.2. The topological polar surface area (TPSA) is 92.1 Å². The van der Waals surface area contributed by atoms with Crippen molar-refractivity contribution in [3.8, 4) is 17.0 Å². The highest BCUT2D eigenvalue weighted by atomic mass is 19.4.